The Balaban J connectivity index is 2.43. The first-order valence-corrected chi connectivity index (χ1v) is 8.97. The number of aliphatic hydroxyl groups is 1. The molecule has 24 heavy (non-hydrogen) atoms. The molecule has 0 radical (unpaired) electrons. The first-order chi connectivity index (χ1) is 11.2. The number of nitrogens with zero attached hydrogens (tertiary/aromatic N) is 1. The summed E-state index contributed by atoms with van der Waals surface area (Å²) in [4.78, 5) is 14.3. The predicted molar refractivity (Wildman–Crippen MR) is 100 cm³/mol. The minimum atomic E-state index is -0.527. The Hall–Kier alpha value is -1.55. The van der Waals surface area contributed by atoms with Crippen molar-refractivity contribution in [1.29, 1.82) is 0 Å². The zero-order valence-corrected chi connectivity index (χ0v) is 15.9. The molecule has 2 N–H and O–H groups in total. The summed E-state index contributed by atoms with van der Waals surface area (Å²) in [6.45, 7) is 11.5. The first kappa shape index (κ1) is 20.5. The molecular formula is C20H34N2O2. The van der Waals surface area contributed by atoms with Gasteiger partial charge in [0.2, 0.25) is 0 Å². The van der Waals surface area contributed by atoms with Crippen LogP contribution in [-0.4, -0.2) is 40.8 Å². The van der Waals surface area contributed by atoms with E-state index in [0.29, 0.717) is 18.9 Å². The van der Waals surface area contributed by atoms with Crippen molar-refractivity contribution < 1.29 is 9.90 Å². The van der Waals surface area contributed by atoms with E-state index in [1.807, 2.05) is 43.9 Å². The zero-order valence-electron chi connectivity index (χ0n) is 15.9. The number of nitrogens with one attached hydrogen (secondary N) is 1. The summed E-state index contributed by atoms with van der Waals surface area (Å²) in [5.74, 6) is 0.555. The van der Waals surface area contributed by atoms with Crippen LogP contribution in [0.5, 0.6) is 0 Å². The fourth-order valence-electron chi connectivity index (χ4n) is 2.51. The van der Waals surface area contributed by atoms with Gasteiger partial charge in [-0.25, -0.2) is 4.79 Å². The molecule has 0 aliphatic heterocycles. The molecule has 4 heteroatoms. The summed E-state index contributed by atoms with van der Waals surface area (Å²) in [6, 6.07) is 10.00. The molecular weight excluding hydrogens is 300 g/mol. The molecule has 0 saturated heterocycles. The van der Waals surface area contributed by atoms with E-state index in [-0.39, 0.29) is 11.6 Å². The smallest absolute Gasteiger partial charge is 0.317 e. The Morgan fingerprint density at radius 2 is 1.79 bits per heavy atom. The highest BCUT2D eigenvalue weighted by molar-refractivity contribution is 5.75. The topological polar surface area (TPSA) is 52.6 Å². The molecule has 0 aromatic heterocycles. The van der Waals surface area contributed by atoms with Crippen molar-refractivity contribution in [2.45, 2.75) is 65.5 Å². The second kappa shape index (κ2) is 9.67. The minimum absolute atomic E-state index is 0.0955. The van der Waals surface area contributed by atoms with E-state index in [2.05, 4.69) is 31.3 Å². The van der Waals surface area contributed by atoms with Gasteiger partial charge in [0, 0.05) is 18.6 Å². The Bertz CT molecular complexity index is 480. The maximum atomic E-state index is 12.5. The number of carbonyl (C=O) groups excluding carboxylic acids is 1. The molecule has 0 spiro atoms. The number of aliphatic hydroxyl groups excluding tert-OH is 1. The van der Waals surface area contributed by atoms with Gasteiger partial charge >= 0.3 is 6.03 Å². The molecule has 1 aromatic rings. The van der Waals surface area contributed by atoms with Gasteiger partial charge in [0.05, 0.1) is 6.10 Å². The van der Waals surface area contributed by atoms with Crippen molar-refractivity contribution >= 4 is 6.03 Å². The second-order valence-electron chi connectivity index (χ2n) is 7.87. The van der Waals surface area contributed by atoms with Gasteiger partial charge in [-0.1, -0.05) is 44.2 Å². The van der Waals surface area contributed by atoms with Gasteiger partial charge in [0.1, 0.15) is 0 Å². The van der Waals surface area contributed by atoms with Crippen molar-refractivity contribution in [3.05, 3.63) is 35.9 Å². The van der Waals surface area contributed by atoms with E-state index in [9.17, 15) is 9.90 Å². The average molecular weight is 335 g/mol. The minimum Gasteiger partial charge on any atom is -0.391 e. The van der Waals surface area contributed by atoms with Crippen molar-refractivity contribution in [3.8, 4) is 0 Å². The maximum Gasteiger partial charge on any atom is 0.317 e. The van der Waals surface area contributed by atoms with Crippen LogP contribution in [0.4, 0.5) is 4.79 Å². The van der Waals surface area contributed by atoms with Crippen LogP contribution in [0.1, 0.15) is 53.0 Å². The van der Waals surface area contributed by atoms with E-state index in [1.54, 1.807) is 0 Å². The van der Waals surface area contributed by atoms with Crippen LogP contribution < -0.4 is 5.32 Å². The van der Waals surface area contributed by atoms with E-state index in [4.69, 9.17) is 0 Å². The van der Waals surface area contributed by atoms with Gasteiger partial charge in [-0.3, -0.25) is 0 Å². The Kier molecular flexibility index (Phi) is 8.26. The monoisotopic (exact) mass is 334 g/mol. The van der Waals surface area contributed by atoms with Crippen LogP contribution in [0.25, 0.3) is 0 Å². The predicted octanol–water partition coefficient (Wildman–Crippen LogP) is 3.84. The van der Waals surface area contributed by atoms with Crippen molar-refractivity contribution in [2.75, 3.05) is 13.1 Å². The number of rotatable bonds is 8. The lowest BCUT2D eigenvalue weighted by atomic mass is 10.0. The number of hydrogen-bond acceptors (Lipinski definition) is 2. The molecule has 1 unspecified atom stereocenters. The third-order valence-corrected chi connectivity index (χ3v) is 4.08. The van der Waals surface area contributed by atoms with Crippen LogP contribution in [-0.2, 0) is 6.42 Å². The normalized spacial score (nSPS) is 13.0. The highest BCUT2D eigenvalue weighted by Gasteiger charge is 2.26. The second-order valence-corrected chi connectivity index (χ2v) is 7.87. The fourth-order valence-corrected chi connectivity index (χ4v) is 2.51. The molecule has 0 heterocycles. The zero-order chi connectivity index (χ0) is 18.2. The Morgan fingerprint density at radius 3 is 2.33 bits per heavy atom. The molecule has 2 amide bonds. The molecule has 0 saturated carbocycles. The van der Waals surface area contributed by atoms with Gasteiger partial charge in [-0.05, 0) is 51.5 Å². The Morgan fingerprint density at radius 1 is 1.17 bits per heavy atom. The molecule has 1 rings (SSSR count). The number of amides is 2. The highest BCUT2D eigenvalue weighted by Crippen LogP contribution is 2.16. The van der Waals surface area contributed by atoms with Gasteiger partial charge in [-0.2, -0.15) is 0 Å². The van der Waals surface area contributed by atoms with Crippen LogP contribution in [0.3, 0.4) is 0 Å². The van der Waals surface area contributed by atoms with E-state index >= 15 is 0 Å². The van der Waals surface area contributed by atoms with Crippen LogP contribution in [0, 0.1) is 5.92 Å². The van der Waals surface area contributed by atoms with Crippen LogP contribution in [0.2, 0.25) is 0 Å². The molecule has 136 valence electrons. The van der Waals surface area contributed by atoms with Crippen LogP contribution >= 0.6 is 0 Å². The number of carbonyl (C=O) groups is 1. The SMILES string of the molecule is CC(C)CCN(C(=O)NCC(O)CCc1ccccc1)C(C)(C)C. The highest BCUT2D eigenvalue weighted by atomic mass is 16.3. The average Bonchev–Trinajstić information content (AvgIpc) is 2.50. The Labute approximate surface area is 147 Å². The standard InChI is InChI=1S/C20H34N2O2/c1-16(2)13-14-22(20(3,4)5)19(24)21-15-18(23)12-11-17-9-7-6-8-10-17/h6-10,16,18,23H,11-15H2,1-5H3,(H,21,24). The summed E-state index contributed by atoms with van der Waals surface area (Å²) in [5, 5.41) is 13.0. The van der Waals surface area contributed by atoms with Crippen molar-refractivity contribution in [1.82, 2.24) is 10.2 Å². The lowest BCUT2D eigenvalue weighted by Gasteiger charge is -2.36. The third kappa shape index (κ3) is 7.82. The largest absolute Gasteiger partial charge is 0.391 e. The number of aryl methyl sites for hydroxylation is 1. The summed E-state index contributed by atoms with van der Waals surface area (Å²) in [6.07, 6.45) is 1.91. The lowest BCUT2D eigenvalue weighted by Crippen LogP contribution is -2.52. The summed E-state index contributed by atoms with van der Waals surface area (Å²) in [7, 11) is 0. The van der Waals surface area contributed by atoms with E-state index in [0.717, 1.165) is 19.4 Å². The van der Waals surface area contributed by atoms with Gasteiger partial charge in [0.25, 0.3) is 0 Å². The van der Waals surface area contributed by atoms with Crippen molar-refractivity contribution in [3.63, 3.8) is 0 Å². The number of benzene rings is 1. The maximum absolute atomic E-state index is 12.5. The third-order valence-electron chi connectivity index (χ3n) is 4.08. The molecule has 4 nitrogen and oxygen atoms in total. The first-order valence-electron chi connectivity index (χ1n) is 8.97. The summed E-state index contributed by atoms with van der Waals surface area (Å²) in [5.41, 5.74) is 0.977. The van der Waals surface area contributed by atoms with Crippen LogP contribution in [0.15, 0.2) is 30.3 Å². The molecule has 1 aromatic carbocycles. The molecule has 0 aliphatic rings. The van der Waals surface area contributed by atoms with Gasteiger partial charge < -0.3 is 15.3 Å². The molecule has 0 aliphatic carbocycles. The summed E-state index contributed by atoms with van der Waals surface area (Å²) < 4.78 is 0. The molecule has 0 bridgehead atoms. The fraction of sp³-hybridized carbons (Fsp3) is 0.650. The summed E-state index contributed by atoms with van der Waals surface area (Å²) >= 11 is 0. The van der Waals surface area contributed by atoms with E-state index < -0.39 is 6.10 Å². The van der Waals surface area contributed by atoms with Crippen molar-refractivity contribution in [2.24, 2.45) is 5.92 Å². The molecule has 1 atom stereocenters. The molecule has 0 fully saturated rings. The van der Waals surface area contributed by atoms with Gasteiger partial charge in [-0.15, -0.1) is 0 Å². The quantitative estimate of drug-likeness (QED) is 0.759. The number of hydrogen-bond donors (Lipinski definition) is 2. The van der Waals surface area contributed by atoms with Gasteiger partial charge in [0.15, 0.2) is 0 Å². The van der Waals surface area contributed by atoms with E-state index in [1.165, 1.54) is 5.56 Å². The lowest BCUT2D eigenvalue weighted by molar-refractivity contribution is 0.126. The number of urea groups is 1.